The summed E-state index contributed by atoms with van der Waals surface area (Å²) in [5.74, 6) is 6.40. The van der Waals surface area contributed by atoms with Crippen LogP contribution in [-0.4, -0.2) is 41.9 Å². The van der Waals surface area contributed by atoms with Crippen LogP contribution in [-0.2, 0) is 16.1 Å². The number of carbonyl (C=O) groups excluding carboxylic acids is 2. The summed E-state index contributed by atoms with van der Waals surface area (Å²) < 4.78 is 5.12. The number of imide groups is 1. The van der Waals surface area contributed by atoms with E-state index in [2.05, 4.69) is 0 Å². The van der Waals surface area contributed by atoms with Gasteiger partial charge in [-0.25, -0.2) is 5.01 Å². The van der Waals surface area contributed by atoms with Gasteiger partial charge in [0.25, 0.3) is 0 Å². The van der Waals surface area contributed by atoms with Crippen molar-refractivity contribution in [2.75, 3.05) is 20.2 Å². The first-order valence-electron chi connectivity index (χ1n) is 7.51. The second-order valence-electron chi connectivity index (χ2n) is 6.13. The summed E-state index contributed by atoms with van der Waals surface area (Å²) in [5.41, 5.74) is 0.398. The van der Waals surface area contributed by atoms with Crippen LogP contribution in [0.4, 0.5) is 0 Å². The maximum Gasteiger partial charge on any atom is 0.236 e. The number of amides is 2. The maximum atomic E-state index is 12.7. The summed E-state index contributed by atoms with van der Waals surface area (Å²) in [4.78, 5) is 26.4. The van der Waals surface area contributed by atoms with Crippen LogP contribution in [0.5, 0.6) is 5.75 Å². The van der Waals surface area contributed by atoms with Crippen LogP contribution in [0.1, 0.15) is 24.8 Å². The molecule has 2 amide bonds. The van der Waals surface area contributed by atoms with E-state index >= 15 is 0 Å². The van der Waals surface area contributed by atoms with Crippen molar-refractivity contribution in [3.8, 4) is 5.75 Å². The lowest BCUT2D eigenvalue weighted by Gasteiger charge is -2.35. The smallest absolute Gasteiger partial charge is 0.236 e. The molecule has 2 aliphatic heterocycles. The van der Waals surface area contributed by atoms with Crippen molar-refractivity contribution >= 4 is 11.8 Å². The number of benzene rings is 1. The third kappa shape index (κ3) is 2.60. The molecule has 3 rings (SSSR count). The molecule has 2 fully saturated rings. The Morgan fingerprint density at radius 2 is 1.82 bits per heavy atom. The number of rotatable bonds is 3. The average Bonchev–Trinajstić information content (AvgIpc) is 2.76. The largest absolute Gasteiger partial charge is 0.497 e. The van der Waals surface area contributed by atoms with Crippen LogP contribution in [0.2, 0.25) is 0 Å². The van der Waals surface area contributed by atoms with E-state index in [1.807, 2.05) is 24.3 Å². The number of nitrogens with two attached hydrogens (primary N) is 1. The number of nitrogens with zero attached hydrogens (tertiary/aromatic N) is 2. The van der Waals surface area contributed by atoms with Crippen molar-refractivity contribution in [3.05, 3.63) is 29.8 Å². The molecule has 0 bridgehead atoms. The van der Waals surface area contributed by atoms with Crippen LogP contribution in [0, 0.1) is 5.41 Å². The minimum atomic E-state index is -0.528. The van der Waals surface area contributed by atoms with E-state index in [0.717, 1.165) is 11.3 Å². The molecular weight excluding hydrogens is 282 g/mol. The molecule has 1 aromatic carbocycles. The van der Waals surface area contributed by atoms with Crippen molar-refractivity contribution in [3.63, 3.8) is 0 Å². The van der Waals surface area contributed by atoms with Crippen molar-refractivity contribution in [1.82, 2.24) is 9.91 Å². The number of ether oxygens (including phenoxy) is 1. The number of hydrogen-bond donors (Lipinski definition) is 1. The van der Waals surface area contributed by atoms with Gasteiger partial charge >= 0.3 is 0 Å². The van der Waals surface area contributed by atoms with Gasteiger partial charge in [-0.2, -0.15) is 0 Å². The molecule has 2 N–H and O–H groups in total. The molecule has 0 aliphatic carbocycles. The molecule has 0 saturated carbocycles. The van der Waals surface area contributed by atoms with Gasteiger partial charge in [-0.1, -0.05) is 12.1 Å². The molecule has 0 radical (unpaired) electrons. The minimum absolute atomic E-state index is 0.0404. The summed E-state index contributed by atoms with van der Waals surface area (Å²) in [5, 5.41) is 1.72. The molecule has 0 aromatic heterocycles. The van der Waals surface area contributed by atoms with E-state index in [9.17, 15) is 9.59 Å². The fourth-order valence-corrected chi connectivity index (χ4v) is 3.28. The monoisotopic (exact) mass is 303 g/mol. The number of piperidine rings is 1. The van der Waals surface area contributed by atoms with E-state index in [0.29, 0.717) is 38.9 Å². The Morgan fingerprint density at radius 3 is 2.41 bits per heavy atom. The highest BCUT2D eigenvalue weighted by Gasteiger charge is 2.52. The lowest BCUT2D eigenvalue weighted by atomic mass is 9.77. The van der Waals surface area contributed by atoms with Gasteiger partial charge < -0.3 is 4.74 Å². The van der Waals surface area contributed by atoms with E-state index < -0.39 is 5.41 Å². The summed E-state index contributed by atoms with van der Waals surface area (Å²) in [6.45, 7) is 1.65. The predicted molar refractivity (Wildman–Crippen MR) is 80.6 cm³/mol. The van der Waals surface area contributed by atoms with Crippen LogP contribution in [0.15, 0.2) is 24.3 Å². The second kappa shape index (κ2) is 5.70. The molecule has 1 spiro atoms. The normalized spacial score (nSPS) is 21.6. The summed E-state index contributed by atoms with van der Waals surface area (Å²) in [6, 6.07) is 7.44. The van der Waals surface area contributed by atoms with Crippen molar-refractivity contribution in [1.29, 1.82) is 0 Å². The highest BCUT2D eigenvalue weighted by molar-refractivity contribution is 6.05. The van der Waals surface area contributed by atoms with Crippen molar-refractivity contribution < 1.29 is 14.3 Å². The molecule has 2 saturated heterocycles. The zero-order chi connectivity index (χ0) is 15.7. The van der Waals surface area contributed by atoms with E-state index in [1.54, 1.807) is 12.1 Å². The molecule has 6 heteroatoms. The molecule has 2 heterocycles. The minimum Gasteiger partial charge on any atom is -0.497 e. The summed E-state index contributed by atoms with van der Waals surface area (Å²) in [7, 11) is 1.61. The Labute approximate surface area is 129 Å². The first kappa shape index (κ1) is 15.0. The highest BCUT2D eigenvalue weighted by atomic mass is 16.5. The number of carbonyl (C=O) groups is 2. The van der Waals surface area contributed by atoms with E-state index in [-0.39, 0.29) is 11.8 Å². The Balaban J connectivity index is 1.74. The van der Waals surface area contributed by atoms with Gasteiger partial charge in [0, 0.05) is 19.5 Å². The van der Waals surface area contributed by atoms with E-state index in [1.165, 1.54) is 4.90 Å². The van der Waals surface area contributed by atoms with Crippen molar-refractivity contribution in [2.24, 2.45) is 11.3 Å². The fraction of sp³-hybridized carbons (Fsp3) is 0.500. The molecule has 22 heavy (non-hydrogen) atoms. The molecule has 0 unspecified atom stereocenters. The van der Waals surface area contributed by atoms with Gasteiger partial charge in [0.15, 0.2) is 0 Å². The quantitative estimate of drug-likeness (QED) is 0.663. The highest BCUT2D eigenvalue weighted by Crippen LogP contribution is 2.42. The second-order valence-corrected chi connectivity index (χ2v) is 6.13. The standard InChI is InChI=1S/C16H21N3O3/c1-22-13-4-2-12(3-5-13)11-19-14(20)10-16(15(19)21)6-8-18(17)9-7-16/h2-5H,6-11,17H2,1H3. The summed E-state index contributed by atoms with van der Waals surface area (Å²) in [6.07, 6.45) is 1.64. The average molecular weight is 303 g/mol. The lowest BCUT2D eigenvalue weighted by molar-refractivity contribution is -0.143. The Bertz CT molecular complexity index is 577. The molecule has 6 nitrogen and oxygen atoms in total. The van der Waals surface area contributed by atoms with Crippen molar-refractivity contribution in [2.45, 2.75) is 25.8 Å². The first-order valence-corrected chi connectivity index (χ1v) is 7.51. The Hall–Kier alpha value is -1.92. The number of methoxy groups -OCH3 is 1. The molecule has 1 aromatic rings. The topological polar surface area (TPSA) is 75.9 Å². The van der Waals surface area contributed by atoms with Gasteiger partial charge in [-0.3, -0.25) is 20.3 Å². The van der Waals surface area contributed by atoms with Gasteiger partial charge in [0.2, 0.25) is 11.8 Å². The van der Waals surface area contributed by atoms with Crippen LogP contribution in [0.25, 0.3) is 0 Å². The first-order chi connectivity index (χ1) is 10.5. The Kier molecular flexibility index (Phi) is 3.88. The zero-order valence-corrected chi connectivity index (χ0v) is 12.7. The third-order valence-corrected chi connectivity index (χ3v) is 4.74. The molecule has 0 atom stereocenters. The van der Waals surface area contributed by atoms with Gasteiger partial charge in [-0.15, -0.1) is 0 Å². The van der Waals surface area contributed by atoms with Crippen LogP contribution >= 0.6 is 0 Å². The maximum absolute atomic E-state index is 12.7. The number of hydrazine groups is 1. The SMILES string of the molecule is COc1ccc(CN2C(=O)CC3(CCN(N)CC3)C2=O)cc1. The third-order valence-electron chi connectivity index (χ3n) is 4.74. The fourth-order valence-electron chi connectivity index (χ4n) is 3.28. The predicted octanol–water partition coefficient (Wildman–Crippen LogP) is 0.910. The van der Waals surface area contributed by atoms with Gasteiger partial charge in [-0.05, 0) is 30.5 Å². The Morgan fingerprint density at radius 1 is 1.18 bits per heavy atom. The van der Waals surface area contributed by atoms with Crippen LogP contribution in [0.3, 0.4) is 0 Å². The lowest BCUT2D eigenvalue weighted by Crippen LogP contribution is -2.47. The molecule has 2 aliphatic rings. The molecular formula is C16H21N3O3. The zero-order valence-electron chi connectivity index (χ0n) is 12.7. The summed E-state index contributed by atoms with van der Waals surface area (Å²) >= 11 is 0. The number of hydrogen-bond acceptors (Lipinski definition) is 5. The van der Waals surface area contributed by atoms with Gasteiger partial charge in [0.05, 0.1) is 19.1 Å². The van der Waals surface area contributed by atoms with E-state index in [4.69, 9.17) is 10.6 Å². The van der Waals surface area contributed by atoms with Crippen LogP contribution < -0.4 is 10.6 Å². The number of likely N-dealkylation sites (tertiary alicyclic amines) is 1. The van der Waals surface area contributed by atoms with Gasteiger partial charge in [0.1, 0.15) is 5.75 Å². The molecule has 118 valence electrons.